The number of thioether (sulfide) groups is 1. The Kier molecular flexibility index (Phi) is 6.21. The zero-order valence-electron chi connectivity index (χ0n) is 18.0. The second-order valence-corrected chi connectivity index (χ2v) is 9.88. The van der Waals surface area contributed by atoms with Crippen LogP contribution in [-0.4, -0.2) is 42.2 Å². The van der Waals surface area contributed by atoms with E-state index >= 15 is 0 Å². The van der Waals surface area contributed by atoms with E-state index in [1.165, 1.54) is 37.8 Å². The first-order valence-corrected chi connectivity index (χ1v) is 12.6. The molecule has 1 amide bonds. The molecule has 0 N–H and O–H groups in total. The maximum atomic E-state index is 13.5. The van der Waals surface area contributed by atoms with Crippen LogP contribution < -0.4 is 4.90 Å². The summed E-state index contributed by atoms with van der Waals surface area (Å²) in [5.41, 5.74) is 3.14. The molecule has 0 bridgehead atoms. The van der Waals surface area contributed by atoms with Gasteiger partial charge in [0.05, 0.1) is 0 Å². The molecule has 2 heterocycles. The quantitative estimate of drug-likeness (QED) is 0.496. The van der Waals surface area contributed by atoms with Gasteiger partial charge in [-0.1, -0.05) is 55.7 Å². The van der Waals surface area contributed by atoms with Crippen molar-refractivity contribution in [2.45, 2.75) is 43.1 Å². The number of hydrogen-bond donors (Lipinski definition) is 0. The van der Waals surface area contributed by atoms with Gasteiger partial charge in [-0.25, -0.2) is 0 Å². The van der Waals surface area contributed by atoms with Crippen LogP contribution in [0.2, 0.25) is 0 Å². The van der Waals surface area contributed by atoms with Crippen molar-refractivity contribution >= 4 is 34.3 Å². The first kappa shape index (κ1) is 20.5. The average Bonchev–Trinajstić information content (AvgIpc) is 3.22. The Bertz CT molecular complexity index is 1020. The third-order valence-corrected chi connectivity index (χ3v) is 7.99. The second-order valence-electron chi connectivity index (χ2n) is 8.59. The predicted octanol–water partition coefficient (Wildman–Crippen LogP) is 5.96. The number of carbonyl (C=O) groups excluding carboxylic acids is 1. The molecule has 2 fully saturated rings. The fourth-order valence-corrected chi connectivity index (χ4v) is 6.15. The van der Waals surface area contributed by atoms with E-state index in [0.29, 0.717) is 11.0 Å². The van der Waals surface area contributed by atoms with Gasteiger partial charge in [0.25, 0.3) is 5.91 Å². The number of nitrogens with zero attached hydrogens (tertiary/aromatic N) is 2. The molecule has 1 aliphatic heterocycles. The minimum atomic E-state index is 0.0446. The number of amides is 1. The fraction of sp³-hybridized carbons (Fsp3) is 0.423. The van der Waals surface area contributed by atoms with Gasteiger partial charge in [0.1, 0.15) is 5.58 Å². The molecule has 5 heteroatoms. The first-order chi connectivity index (χ1) is 15.3. The SMILES string of the molecule is O=C(c1oc2ccccc2c1CSC1CCCCC1)N1CCN(c2ccccc2)CC1. The van der Waals surface area contributed by atoms with Crippen molar-refractivity contribution in [3.63, 3.8) is 0 Å². The Labute approximate surface area is 188 Å². The Balaban J connectivity index is 1.32. The third-order valence-electron chi connectivity index (χ3n) is 6.60. The molecule has 1 saturated heterocycles. The predicted molar refractivity (Wildman–Crippen MR) is 129 cm³/mol. The summed E-state index contributed by atoms with van der Waals surface area (Å²) < 4.78 is 6.15. The Morgan fingerprint density at radius 3 is 2.39 bits per heavy atom. The monoisotopic (exact) mass is 434 g/mol. The zero-order chi connectivity index (χ0) is 21.0. The van der Waals surface area contributed by atoms with Crippen molar-refractivity contribution in [3.8, 4) is 0 Å². The highest BCUT2D eigenvalue weighted by Gasteiger charge is 2.28. The van der Waals surface area contributed by atoms with Crippen LogP contribution >= 0.6 is 11.8 Å². The smallest absolute Gasteiger partial charge is 0.290 e. The van der Waals surface area contributed by atoms with Crippen LogP contribution in [-0.2, 0) is 5.75 Å². The van der Waals surface area contributed by atoms with Crippen LogP contribution in [0.3, 0.4) is 0 Å². The summed E-state index contributed by atoms with van der Waals surface area (Å²) in [5, 5.41) is 1.80. The van der Waals surface area contributed by atoms with E-state index in [4.69, 9.17) is 4.42 Å². The number of benzene rings is 2. The van der Waals surface area contributed by atoms with E-state index in [9.17, 15) is 4.79 Å². The van der Waals surface area contributed by atoms with E-state index in [0.717, 1.165) is 48.5 Å². The number of para-hydroxylation sites is 2. The van der Waals surface area contributed by atoms with E-state index < -0.39 is 0 Å². The molecule has 31 heavy (non-hydrogen) atoms. The minimum absolute atomic E-state index is 0.0446. The molecule has 2 aromatic carbocycles. The third kappa shape index (κ3) is 4.47. The van der Waals surface area contributed by atoms with E-state index in [1.807, 2.05) is 40.9 Å². The molecule has 2 aliphatic rings. The van der Waals surface area contributed by atoms with Crippen molar-refractivity contribution in [2.24, 2.45) is 0 Å². The van der Waals surface area contributed by atoms with Crippen molar-refractivity contribution in [2.75, 3.05) is 31.1 Å². The van der Waals surface area contributed by atoms with Crippen molar-refractivity contribution < 1.29 is 9.21 Å². The van der Waals surface area contributed by atoms with Gasteiger partial charge in [-0.3, -0.25) is 4.79 Å². The van der Waals surface area contributed by atoms with Gasteiger partial charge in [0.2, 0.25) is 0 Å². The van der Waals surface area contributed by atoms with Crippen molar-refractivity contribution in [3.05, 3.63) is 65.9 Å². The van der Waals surface area contributed by atoms with Crippen LogP contribution in [0.15, 0.2) is 59.0 Å². The minimum Gasteiger partial charge on any atom is -0.451 e. The molecule has 0 atom stereocenters. The summed E-state index contributed by atoms with van der Waals surface area (Å²) in [4.78, 5) is 17.8. The van der Waals surface area contributed by atoms with E-state index in [1.54, 1.807) is 0 Å². The van der Waals surface area contributed by atoms with Crippen LogP contribution in [0.4, 0.5) is 5.69 Å². The molecule has 0 unspecified atom stereocenters. The number of rotatable bonds is 5. The number of furan rings is 1. The summed E-state index contributed by atoms with van der Waals surface area (Å²) in [6, 6.07) is 18.5. The van der Waals surface area contributed by atoms with Crippen molar-refractivity contribution in [1.82, 2.24) is 4.90 Å². The fourth-order valence-electron chi connectivity index (χ4n) is 4.80. The maximum absolute atomic E-state index is 13.5. The summed E-state index contributed by atoms with van der Waals surface area (Å²) in [7, 11) is 0. The molecule has 5 rings (SSSR count). The lowest BCUT2D eigenvalue weighted by Crippen LogP contribution is -2.48. The first-order valence-electron chi connectivity index (χ1n) is 11.5. The molecule has 162 valence electrons. The van der Waals surface area contributed by atoms with Gasteiger partial charge in [-0.15, -0.1) is 0 Å². The molecule has 1 aliphatic carbocycles. The van der Waals surface area contributed by atoms with Crippen LogP contribution in [0, 0.1) is 0 Å². The van der Waals surface area contributed by atoms with Crippen molar-refractivity contribution in [1.29, 1.82) is 0 Å². The normalized spacial score (nSPS) is 17.9. The van der Waals surface area contributed by atoms with Crippen LogP contribution in [0.25, 0.3) is 11.0 Å². The summed E-state index contributed by atoms with van der Waals surface area (Å²) in [6.45, 7) is 3.14. The molecular formula is C26H30N2O2S. The van der Waals surface area contributed by atoms with Gasteiger partial charge in [0, 0.05) is 53.8 Å². The van der Waals surface area contributed by atoms with Gasteiger partial charge in [-0.05, 0) is 31.0 Å². The molecule has 0 spiro atoms. The Hall–Kier alpha value is -2.40. The lowest BCUT2D eigenvalue weighted by molar-refractivity contribution is 0.0716. The van der Waals surface area contributed by atoms with Crippen LogP contribution in [0.1, 0.15) is 48.2 Å². The highest BCUT2D eigenvalue weighted by molar-refractivity contribution is 7.99. The highest BCUT2D eigenvalue weighted by atomic mass is 32.2. The zero-order valence-corrected chi connectivity index (χ0v) is 18.8. The number of anilines is 1. The van der Waals surface area contributed by atoms with Gasteiger partial charge in [0.15, 0.2) is 5.76 Å². The number of fused-ring (bicyclic) bond motifs is 1. The molecule has 0 radical (unpaired) electrons. The summed E-state index contributed by atoms with van der Waals surface area (Å²) in [6.07, 6.45) is 6.63. The summed E-state index contributed by atoms with van der Waals surface area (Å²) in [5.74, 6) is 1.45. The van der Waals surface area contributed by atoms with Crippen LogP contribution in [0.5, 0.6) is 0 Å². The Morgan fingerprint density at radius 1 is 0.903 bits per heavy atom. The lowest BCUT2D eigenvalue weighted by Gasteiger charge is -2.35. The number of hydrogen-bond acceptors (Lipinski definition) is 4. The second kappa shape index (κ2) is 9.39. The Morgan fingerprint density at radius 2 is 1.61 bits per heavy atom. The van der Waals surface area contributed by atoms with Gasteiger partial charge < -0.3 is 14.2 Å². The molecule has 1 saturated carbocycles. The van der Waals surface area contributed by atoms with E-state index in [2.05, 4.69) is 35.2 Å². The maximum Gasteiger partial charge on any atom is 0.290 e. The average molecular weight is 435 g/mol. The lowest BCUT2D eigenvalue weighted by atomic mass is 10.0. The number of piperazine rings is 1. The molecule has 4 nitrogen and oxygen atoms in total. The van der Waals surface area contributed by atoms with Gasteiger partial charge >= 0.3 is 0 Å². The molecule has 1 aromatic heterocycles. The topological polar surface area (TPSA) is 36.7 Å². The molecular weight excluding hydrogens is 404 g/mol. The van der Waals surface area contributed by atoms with E-state index in [-0.39, 0.29) is 5.91 Å². The molecule has 3 aromatic rings. The summed E-state index contributed by atoms with van der Waals surface area (Å²) >= 11 is 2.01. The number of carbonyl (C=O) groups is 1. The highest BCUT2D eigenvalue weighted by Crippen LogP contribution is 2.35. The largest absolute Gasteiger partial charge is 0.451 e. The van der Waals surface area contributed by atoms with Gasteiger partial charge in [-0.2, -0.15) is 11.8 Å². The standard InChI is InChI=1S/C26H30N2O2S/c29-26(28-17-15-27(16-18-28)20-9-3-1-4-10-20)25-23(19-31-21-11-5-2-6-12-21)22-13-7-8-14-24(22)30-25/h1,3-4,7-10,13-14,21H,2,5-6,11-12,15-19H2.